The van der Waals surface area contributed by atoms with Crippen LogP contribution in [0.2, 0.25) is 0 Å². The number of aliphatic carboxylic acids is 1. The lowest BCUT2D eigenvalue weighted by molar-refractivity contribution is -0.137. The van der Waals surface area contributed by atoms with Crippen LogP contribution in [0, 0.1) is 0 Å². The zero-order chi connectivity index (χ0) is 38.8. The molecule has 0 radical (unpaired) electrons. The van der Waals surface area contributed by atoms with Gasteiger partial charge in [-0.05, 0) is 6.42 Å². The average molecular weight is 749 g/mol. The van der Waals surface area contributed by atoms with Crippen molar-refractivity contribution in [1.82, 2.24) is 0 Å². The summed E-state index contributed by atoms with van der Waals surface area (Å²) < 4.78 is 0. The van der Waals surface area contributed by atoms with E-state index in [9.17, 15) is 4.79 Å². The van der Waals surface area contributed by atoms with Crippen LogP contribution in [0.15, 0.2) is 0 Å². The van der Waals surface area contributed by atoms with E-state index >= 15 is 0 Å². The van der Waals surface area contributed by atoms with Crippen LogP contribution in [0.3, 0.4) is 0 Å². The molecule has 0 spiro atoms. The lowest BCUT2D eigenvalue weighted by Crippen LogP contribution is -1.93. The van der Waals surface area contributed by atoms with Crippen molar-refractivity contribution in [2.24, 2.45) is 0 Å². The van der Waals surface area contributed by atoms with Gasteiger partial charge in [0.05, 0.1) is 0 Å². The second-order valence-corrected chi connectivity index (χ2v) is 17.3. The normalized spacial score (nSPS) is 11.2. The first-order valence-electron chi connectivity index (χ1n) is 25.4. The molecule has 0 amide bonds. The molecule has 0 rings (SSSR count). The molecule has 0 bridgehead atoms. The first-order valence-corrected chi connectivity index (χ1v) is 25.4. The van der Waals surface area contributed by atoms with Crippen molar-refractivity contribution in [3.05, 3.63) is 0 Å². The quantitative estimate of drug-likeness (QED) is 0.0630. The number of rotatable bonds is 46. The minimum Gasteiger partial charge on any atom is -0.481 e. The van der Waals surface area contributed by atoms with E-state index in [4.69, 9.17) is 5.11 Å². The highest BCUT2D eigenvalue weighted by Gasteiger charge is 1.99. The van der Waals surface area contributed by atoms with E-state index in [-0.39, 0.29) is 0 Å². The van der Waals surface area contributed by atoms with Crippen molar-refractivity contribution in [2.75, 3.05) is 0 Å². The fourth-order valence-electron chi connectivity index (χ4n) is 7.92. The molecule has 0 aromatic heterocycles. The van der Waals surface area contributed by atoms with Gasteiger partial charge in [0.1, 0.15) is 0 Å². The van der Waals surface area contributed by atoms with Gasteiger partial charge in [-0.1, -0.05) is 310 Å². The Bertz CT molecular complexity index is 597. The van der Waals surface area contributed by atoms with Gasteiger partial charge in [-0.2, -0.15) is 0 Å². The van der Waals surface area contributed by atoms with Crippen LogP contribution in [0.1, 0.15) is 323 Å². The summed E-state index contributed by atoms with van der Waals surface area (Å²) in [5, 5.41) is 8.61. The summed E-state index contributed by atoms with van der Waals surface area (Å²) in [7, 11) is 0. The Kier molecular flexibility index (Phi) is 55.2. The van der Waals surface area contributed by atoms with E-state index in [1.165, 1.54) is 283 Å². The first kappa shape index (κ1) is 54.6. The van der Waals surface area contributed by atoms with Crippen molar-refractivity contribution in [3.8, 4) is 0 Å². The molecule has 0 unspecified atom stereocenters. The fourth-order valence-corrected chi connectivity index (χ4v) is 7.92. The molecule has 0 aromatic carbocycles. The van der Waals surface area contributed by atoms with Crippen LogP contribution in [-0.2, 0) is 4.79 Å². The average Bonchev–Trinajstić information content (AvgIpc) is 3.16. The maximum atomic E-state index is 10.4. The highest BCUT2D eigenvalue weighted by molar-refractivity contribution is 5.66. The van der Waals surface area contributed by atoms with Gasteiger partial charge in [-0.3, -0.25) is 4.79 Å². The van der Waals surface area contributed by atoms with Gasteiger partial charge < -0.3 is 5.11 Å². The molecule has 0 aliphatic heterocycles. The van der Waals surface area contributed by atoms with Crippen molar-refractivity contribution < 1.29 is 9.90 Å². The summed E-state index contributed by atoms with van der Waals surface area (Å²) in [6.07, 6.45) is 65.9. The molecule has 0 heterocycles. The van der Waals surface area contributed by atoms with Crippen molar-refractivity contribution >= 4 is 5.97 Å². The second kappa shape index (κ2) is 53.6. The molecule has 53 heavy (non-hydrogen) atoms. The Morgan fingerprint density at radius 3 is 0.453 bits per heavy atom. The lowest BCUT2D eigenvalue weighted by Gasteiger charge is -2.04. The van der Waals surface area contributed by atoms with Crippen LogP contribution in [0.25, 0.3) is 0 Å². The molecule has 0 aliphatic rings. The largest absolute Gasteiger partial charge is 0.481 e. The van der Waals surface area contributed by atoms with Crippen LogP contribution >= 0.6 is 0 Å². The minimum absolute atomic E-state index is 0.347. The number of carboxylic acid groups (broad SMARTS) is 1. The summed E-state index contributed by atoms with van der Waals surface area (Å²) in [6, 6.07) is 0. The Hall–Kier alpha value is -0.530. The van der Waals surface area contributed by atoms with E-state index in [2.05, 4.69) is 20.8 Å². The summed E-state index contributed by atoms with van der Waals surface area (Å²) in [5.41, 5.74) is 0. The third-order valence-electron chi connectivity index (χ3n) is 11.7. The van der Waals surface area contributed by atoms with E-state index < -0.39 is 5.97 Å². The monoisotopic (exact) mass is 749 g/mol. The Balaban J connectivity index is 0. The van der Waals surface area contributed by atoms with Crippen LogP contribution in [0.4, 0.5) is 0 Å². The van der Waals surface area contributed by atoms with E-state index in [1.807, 2.05) is 0 Å². The lowest BCUT2D eigenvalue weighted by atomic mass is 10.0. The highest BCUT2D eigenvalue weighted by atomic mass is 16.4. The minimum atomic E-state index is -0.649. The SMILES string of the molecule is CCCCCCCCCCCCCCCCCCCCC.CCCCCCCCCCCCCCCCCCCCCCCCCCCCCC(=O)O. The highest BCUT2D eigenvalue weighted by Crippen LogP contribution is 2.17. The predicted octanol–water partition coefficient (Wildman–Crippen LogP) is 19.5. The van der Waals surface area contributed by atoms with Gasteiger partial charge in [0.2, 0.25) is 0 Å². The maximum Gasteiger partial charge on any atom is 0.303 e. The fraction of sp³-hybridized carbons (Fsp3) is 0.980. The van der Waals surface area contributed by atoms with E-state index in [0.717, 1.165) is 12.8 Å². The molecule has 320 valence electrons. The number of hydrogen-bond acceptors (Lipinski definition) is 1. The smallest absolute Gasteiger partial charge is 0.303 e. The molecular formula is C51H104O2. The van der Waals surface area contributed by atoms with Gasteiger partial charge >= 0.3 is 5.97 Å². The first-order chi connectivity index (χ1) is 26.2. The molecule has 0 aromatic rings. The van der Waals surface area contributed by atoms with Crippen LogP contribution < -0.4 is 0 Å². The number of unbranched alkanes of at least 4 members (excludes halogenated alkanes) is 44. The second-order valence-electron chi connectivity index (χ2n) is 17.3. The van der Waals surface area contributed by atoms with E-state index in [1.54, 1.807) is 0 Å². The summed E-state index contributed by atoms with van der Waals surface area (Å²) in [4.78, 5) is 10.4. The third kappa shape index (κ3) is 58.3. The van der Waals surface area contributed by atoms with Gasteiger partial charge in [0.25, 0.3) is 0 Å². The van der Waals surface area contributed by atoms with Crippen molar-refractivity contribution in [3.63, 3.8) is 0 Å². The Labute approximate surface area is 337 Å². The molecule has 0 fully saturated rings. The molecule has 0 saturated carbocycles. The molecule has 0 saturated heterocycles. The number of carboxylic acids is 1. The Morgan fingerprint density at radius 2 is 0.340 bits per heavy atom. The van der Waals surface area contributed by atoms with E-state index in [0.29, 0.717) is 6.42 Å². The van der Waals surface area contributed by atoms with Crippen LogP contribution in [-0.4, -0.2) is 11.1 Å². The summed E-state index contributed by atoms with van der Waals surface area (Å²) in [6.45, 7) is 6.89. The Morgan fingerprint density at radius 1 is 0.226 bits per heavy atom. The standard InChI is InChI=1S/C30H60O2.C21H44/c1-2-3-4-5-6-7-8-9-10-11-12-13-14-15-16-17-18-19-20-21-22-23-24-25-26-27-28-29-30(31)32;1-3-5-7-9-11-13-15-17-19-21-20-18-16-14-12-10-8-6-4-2/h2-29H2,1H3,(H,31,32);3-21H2,1-2H3. The van der Waals surface area contributed by atoms with Gasteiger partial charge in [-0.25, -0.2) is 0 Å². The number of carbonyl (C=O) groups is 1. The van der Waals surface area contributed by atoms with Gasteiger partial charge in [-0.15, -0.1) is 0 Å². The third-order valence-corrected chi connectivity index (χ3v) is 11.7. The maximum absolute atomic E-state index is 10.4. The molecule has 2 heteroatoms. The molecule has 2 nitrogen and oxygen atoms in total. The molecular weight excluding hydrogens is 645 g/mol. The van der Waals surface area contributed by atoms with Crippen molar-refractivity contribution in [1.29, 1.82) is 0 Å². The topological polar surface area (TPSA) is 37.3 Å². The summed E-state index contributed by atoms with van der Waals surface area (Å²) in [5.74, 6) is -0.649. The molecule has 0 aliphatic carbocycles. The van der Waals surface area contributed by atoms with Crippen LogP contribution in [0.5, 0.6) is 0 Å². The zero-order valence-corrected chi connectivity index (χ0v) is 37.6. The number of hydrogen-bond donors (Lipinski definition) is 1. The van der Waals surface area contributed by atoms with Crippen molar-refractivity contribution in [2.45, 2.75) is 323 Å². The van der Waals surface area contributed by atoms with Gasteiger partial charge in [0, 0.05) is 6.42 Å². The predicted molar refractivity (Wildman–Crippen MR) is 242 cm³/mol. The molecule has 0 atom stereocenters. The van der Waals surface area contributed by atoms with Gasteiger partial charge in [0.15, 0.2) is 0 Å². The zero-order valence-electron chi connectivity index (χ0n) is 37.6. The summed E-state index contributed by atoms with van der Waals surface area (Å²) >= 11 is 0. The molecule has 1 N–H and O–H groups in total.